The Morgan fingerprint density at radius 2 is 1.91 bits per heavy atom. The maximum absolute atomic E-state index is 13.3. The molecule has 4 nitrogen and oxygen atoms in total. The fourth-order valence-corrected chi connectivity index (χ4v) is 1.83. The van der Waals surface area contributed by atoms with E-state index in [1.54, 1.807) is 6.07 Å². The lowest BCUT2D eigenvalue weighted by atomic mass is 10.2. The fourth-order valence-electron chi connectivity index (χ4n) is 1.83. The van der Waals surface area contributed by atoms with Crippen LogP contribution in [0, 0.1) is 12.7 Å². The van der Waals surface area contributed by atoms with Gasteiger partial charge in [0.25, 0.3) is 0 Å². The lowest BCUT2D eigenvalue weighted by Crippen LogP contribution is -2.22. The summed E-state index contributed by atoms with van der Waals surface area (Å²) in [4.78, 5) is 4.19. The third-order valence-electron chi connectivity index (χ3n) is 2.92. The minimum Gasteiger partial charge on any atom is -0.497 e. The normalized spacial score (nSPS) is 10.8. The summed E-state index contributed by atoms with van der Waals surface area (Å²) in [5, 5.41) is 2.99. The topological polar surface area (TPSA) is 59.6 Å². The molecule has 0 aliphatic rings. The SMILES string of the molecule is COc1cc(F)cc(CN=C(N)Nc2ccc(C)cc2)c1.I. The van der Waals surface area contributed by atoms with Crippen molar-refractivity contribution < 1.29 is 9.13 Å². The van der Waals surface area contributed by atoms with Crippen molar-refractivity contribution in [2.75, 3.05) is 12.4 Å². The highest BCUT2D eigenvalue weighted by Crippen LogP contribution is 2.16. The summed E-state index contributed by atoms with van der Waals surface area (Å²) >= 11 is 0. The van der Waals surface area contributed by atoms with Gasteiger partial charge >= 0.3 is 0 Å². The van der Waals surface area contributed by atoms with Crippen LogP contribution in [0.1, 0.15) is 11.1 Å². The zero-order valence-corrected chi connectivity index (χ0v) is 14.8. The summed E-state index contributed by atoms with van der Waals surface area (Å²) in [6.07, 6.45) is 0. The van der Waals surface area contributed by atoms with Gasteiger partial charge in [0.1, 0.15) is 11.6 Å². The monoisotopic (exact) mass is 415 g/mol. The molecule has 2 rings (SSSR count). The Hall–Kier alpha value is -1.83. The highest BCUT2D eigenvalue weighted by molar-refractivity contribution is 14.0. The molecule has 0 radical (unpaired) electrons. The van der Waals surface area contributed by atoms with Crippen LogP contribution in [-0.2, 0) is 6.54 Å². The summed E-state index contributed by atoms with van der Waals surface area (Å²) in [6.45, 7) is 2.29. The highest BCUT2D eigenvalue weighted by Gasteiger charge is 2.01. The van der Waals surface area contributed by atoms with Crippen LogP contribution in [0.15, 0.2) is 47.5 Å². The largest absolute Gasteiger partial charge is 0.497 e. The Labute approximate surface area is 146 Å². The molecule has 118 valence electrons. The Kier molecular flexibility index (Phi) is 7.10. The van der Waals surface area contributed by atoms with Gasteiger partial charge in [-0.05, 0) is 36.8 Å². The summed E-state index contributed by atoms with van der Waals surface area (Å²) in [7, 11) is 1.50. The van der Waals surface area contributed by atoms with E-state index in [2.05, 4.69) is 10.3 Å². The van der Waals surface area contributed by atoms with Crippen molar-refractivity contribution in [2.45, 2.75) is 13.5 Å². The second kappa shape index (κ2) is 8.57. The zero-order chi connectivity index (χ0) is 15.2. The van der Waals surface area contributed by atoms with E-state index in [-0.39, 0.29) is 42.3 Å². The van der Waals surface area contributed by atoms with Crippen LogP contribution in [0.3, 0.4) is 0 Å². The van der Waals surface area contributed by atoms with Gasteiger partial charge in [-0.2, -0.15) is 0 Å². The van der Waals surface area contributed by atoms with E-state index in [4.69, 9.17) is 10.5 Å². The van der Waals surface area contributed by atoms with Gasteiger partial charge in [-0.25, -0.2) is 9.38 Å². The molecule has 0 amide bonds. The van der Waals surface area contributed by atoms with Crippen LogP contribution in [0.5, 0.6) is 5.75 Å². The van der Waals surface area contributed by atoms with Crippen LogP contribution < -0.4 is 15.8 Å². The average Bonchev–Trinajstić information content (AvgIpc) is 2.47. The lowest BCUT2D eigenvalue weighted by Gasteiger charge is -2.07. The molecule has 3 N–H and O–H groups in total. The number of methoxy groups -OCH3 is 1. The molecule has 0 aliphatic carbocycles. The standard InChI is InChI=1S/C16H18FN3O.HI/c1-11-3-5-14(6-4-11)20-16(18)19-10-12-7-13(17)9-15(8-12)21-2;/h3-9H,10H2,1-2H3,(H3,18,19,20);1H. The Morgan fingerprint density at radius 1 is 1.23 bits per heavy atom. The first kappa shape index (κ1) is 18.2. The van der Waals surface area contributed by atoms with Crippen molar-refractivity contribution in [1.82, 2.24) is 0 Å². The number of nitrogens with one attached hydrogen (secondary N) is 1. The number of anilines is 1. The summed E-state index contributed by atoms with van der Waals surface area (Å²) in [5.74, 6) is 0.386. The minimum atomic E-state index is -0.357. The second-order valence-electron chi connectivity index (χ2n) is 4.69. The van der Waals surface area contributed by atoms with Gasteiger partial charge < -0.3 is 15.8 Å². The summed E-state index contributed by atoms with van der Waals surface area (Å²) in [6, 6.07) is 12.3. The molecular weight excluding hydrogens is 396 g/mol. The average molecular weight is 415 g/mol. The van der Waals surface area contributed by atoms with Gasteiger partial charge in [-0.1, -0.05) is 17.7 Å². The Bertz CT molecular complexity index is 644. The minimum absolute atomic E-state index is 0. The van der Waals surface area contributed by atoms with E-state index in [0.717, 1.165) is 5.69 Å². The number of nitrogens with two attached hydrogens (primary N) is 1. The van der Waals surface area contributed by atoms with Crippen molar-refractivity contribution in [1.29, 1.82) is 0 Å². The molecule has 0 saturated carbocycles. The van der Waals surface area contributed by atoms with Crippen molar-refractivity contribution in [3.63, 3.8) is 0 Å². The molecule has 0 saturated heterocycles. The summed E-state index contributed by atoms with van der Waals surface area (Å²) < 4.78 is 18.4. The van der Waals surface area contributed by atoms with Crippen LogP contribution >= 0.6 is 24.0 Å². The molecule has 0 atom stereocenters. The second-order valence-corrected chi connectivity index (χ2v) is 4.69. The molecule has 0 aliphatic heterocycles. The molecule has 6 heteroatoms. The van der Waals surface area contributed by atoms with Crippen molar-refractivity contribution >= 4 is 35.6 Å². The highest BCUT2D eigenvalue weighted by atomic mass is 127. The van der Waals surface area contributed by atoms with Crippen LogP contribution in [-0.4, -0.2) is 13.1 Å². The number of hydrogen-bond donors (Lipinski definition) is 2. The number of rotatable bonds is 4. The van der Waals surface area contributed by atoms with Gasteiger partial charge in [-0.3, -0.25) is 0 Å². The first-order valence-electron chi connectivity index (χ1n) is 6.54. The van der Waals surface area contributed by atoms with E-state index < -0.39 is 0 Å². The van der Waals surface area contributed by atoms with Gasteiger partial charge in [0.2, 0.25) is 0 Å². The number of aryl methyl sites for hydroxylation is 1. The Morgan fingerprint density at radius 3 is 2.55 bits per heavy atom. The fraction of sp³-hybridized carbons (Fsp3) is 0.188. The van der Waals surface area contributed by atoms with Gasteiger partial charge in [0.15, 0.2) is 5.96 Å². The van der Waals surface area contributed by atoms with E-state index in [1.807, 2.05) is 31.2 Å². The van der Waals surface area contributed by atoms with Crippen LogP contribution in [0.4, 0.5) is 10.1 Å². The number of guanidine groups is 1. The molecular formula is C16H19FIN3O. The smallest absolute Gasteiger partial charge is 0.193 e. The molecule has 0 aromatic heterocycles. The Balaban J connectivity index is 0.00000242. The third kappa shape index (κ3) is 5.51. The number of nitrogens with zero attached hydrogens (tertiary/aromatic N) is 1. The lowest BCUT2D eigenvalue weighted by molar-refractivity contribution is 0.410. The molecule has 0 unspecified atom stereocenters. The molecule has 0 bridgehead atoms. The quantitative estimate of drug-likeness (QED) is 0.455. The first-order chi connectivity index (χ1) is 10.1. The number of hydrogen-bond acceptors (Lipinski definition) is 2. The summed E-state index contributed by atoms with van der Waals surface area (Å²) in [5.41, 5.74) is 8.54. The number of ether oxygens (including phenoxy) is 1. The van der Waals surface area contributed by atoms with Crippen molar-refractivity contribution in [2.24, 2.45) is 10.7 Å². The van der Waals surface area contributed by atoms with Gasteiger partial charge in [0, 0.05) is 11.8 Å². The van der Waals surface area contributed by atoms with Crippen LogP contribution in [0.25, 0.3) is 0 Å². The predicted molar refractivity (Wildman–Crippen MR) is 98.5 cm³/mol. The van der Waals surface area contributed by atoms with Crippen LogP contribution in [0.2, 0.25) is 0 Å². The third-order valence-corrected chi connectivity index (χ3v) is 2.92. The molecule has 0 spiro atoms. The molecule has 0 heterocycles. The van der Waals surface area contributed by atoms with E-state index >= 15 is 0 Å². The van der Waals surface area contributed by atoms with E-state index in [9.17, 15) is 4.39 Å². The molecule has 2 aromatic rings. The number of halogens is 2. The maximum Gasteiger partial charge on any atom is 0.193 e. The van der Waals surface area contributed by atoms with Gasteiger partial charge in [0.05, 0.1) is 13.7 Å². The maximum atomic E-state index is 13.3. The van der Waals surface area contributed by atoms with Gasteiger partial charge in [-0.15, -0.1) is 24.0 Å². The molecule has 22 heavy (non-hydrogen) atoms. The molecule has 0 fully saturated rings. The first-order valence-corrected chi connectivity index (χ1v) is 6.54. The van der Waals surface area contributed by atoms with E-state index in [0.29, 0.717) is 11.3 Å². The molecule has 2 aromatic carbocycles. The van der Waals surface area contributed by atoms with Crippen molar-refractivity contribution in [3.8, 4) is 5.75 Å². The van der Waals surface area contributed by atoms with Crippen molar-refractivity contribution in [3.05, 3.63) is 59.4 Å². The number of aliphatic imine (C=N–C) groups is 1. The zero-order valence-electron chi connectivity index (χ0n) is 12.5. The van der Waals surface area contributed by atoms with E-state index in [1.165, 1.54) is 24.8 Å². The predicted octanol–water partition coefficient (Wildman–Crippen LogP) is 3.69. The number of benzene rings is 2.